The van der Waals surface area contributed by atoms with Crippen LogP contribution in [0.25, 0.3) is 0 Å². The summed E-state index contributed by atoms with van der Waals surface area (Å²) in [4.78, 5) is 4.08. The lowest BCUT2D eigenvalue weighted by atomic mass is 10.3. The minimum Gasteiger partial charge on any atom is -0.397 e. The van der Waals surface area contributed by atoms with Crippen LogP contribution >= 0.6 is 56.8 Å². The summed E-state index contributed by atoms with van der Waals surface area (Å²) in [6, 6.07) is 3.57. The number of aliphatic imine (C=N–C) groups is 1. The van der Waals surface area contributed by atoms with Crippen molar-refractivity contribution in [2.24, 2.45) is 4.99 Å². The molecule has 0 aliphatic heterocycles. The molecule has 0 saturated heterocycles. The largest absolute Gasteiger partial charge is 0.397 e. The molecule has 0 amide bonds. The number of hydrogen-bond donors (Lipinski definition) is 1. The molecule has 0 fully saturated rings. The van der Waals surface area contributed by atoms with Crippen LogP contribution in [0.5, 0.6) is 0 Å². The van der Waals surface area contributed by atoms with Gasteiger partial charge in [-0.05, 0) is 57.3 Å². The van der Waals surface area contributed by atoms with Crippen molar-refractivity contribution in [3.63, 3.8) is 0 Å². The number of nitrogens with zero attached hydrogens (tertiary/aromatic N) is 1. The molecule has 2 nitrogen and oxygen atoms in total. The van der Waals surface area contributed by atoms with Gasteiger partial charge in [0.1, 0.15) is 0 Å². The predicted molar refractivity (Wildman–Crippen MR) is 70.8 cm³/mol. The molecular weight excluding hydrogens is 401 g/mol. The number of rotatable bonds is 1. The maximum Gasteiger partial charge on any atom is 0.0875 e. The summed E-state index contributed by atoms with van der Waals surface area (Å²) in [5.41, 5.74) is 7.04. The quantitative estimate of drug-likeness (QED) is 0.432. The van der Waals surface area contributed by atoms with Gasteiger partial charge in [-0.15, -0.1) is 0 Å². The molecule has 0 saturated carbocycles. The van der Waals surface area contributed by atoms with Crippen LogP contribution in [0.3, 0.4) is 0 Å². The Labute approximate surface area is 103 Å². The highest BCUT2D eigenvalue weighted by atomic mass is 127. The fourth-order valence-electron chi connectivity index (χ4n) is 0.716. The number of benzene rings is 1. The lowest BCUT2D eigenvalue weighted by molar-refractivity contribution is 1.52. The Kier molecular flexibility index (Phi) is 4.04. The van der Waals surface area contributed by atoms with Gasteiger partial charge >= 0.3 is 0 Å². The average molecular weight is 406 g/mol. The summed E-state index contributed by atoms with van der Waals surface area (Å²) in [7, 11) is 0. The third-order valence-corrected chi connectivity index (χ3v) is 3.06. The molecule has 2 N–H and O–H groups in total. The molecule has 0 bridgehead atoms. The van der Waals surface area contributed by atoms with Crippen LogP contribution < -0.4 is 5.73 Å². The molecule has 0 aliphatic carbocycles. The van der Waals surface area contributed by atoms with E-state index < -0.39 is 0 Å². The van der Waals surface area contributed by atoms with Crippen LogP contribution in [-0.2, 0) is 0 Å². The first-order chi connectivity index (χ1) is 5.65. The van der Waals surface area contributed by atoms with Gasteiger partial charge in [0.05, 0.1) is 20.6 Å². The second-order valence-corrected chi connectivity index (χ2v) is 4.18. The molecule has 5 heteroatoms. The van der Waals surface area contributed by atoms with Gasteiger partial charge in [0.25, 0.3) is 0 Å². The Hall–Kier alpha value is 0.440. The Balaban J connectivity index is 3.23. The molecule has 1 aromatic rings. The number of nitrogens with two attached hydrogens (primary N) is 1. The van der Waals surface area contributed by atoms with Crippen LogP contribution in [0.4, 0.5) is 11.4 Å². The van der Waals surface area contributed by atoms with Crippen molar-refractivity contribution in [1.29, 1.82) is 0 Å². The van der Waals surface area contributed by atoms with E-state index in [9.17, 15) is 0 Å². The molecule has 0 atom stereocenters. The average Bonchev–Trinajstić information content (AvgIpc) is 2.01. The van der Waals surface area contributed by atoms with E-state index in [0.29, 0.717) is 10.7 Å². The molecule has 1 rings (SSSR count). The Morgan fingerprint density at radius 1 is 1.50 bits per heavy atom. The lowest BCUT2D eigenvalue weighted by Gasteiger charge is -2.01. The van der Waals surface area contributed by atoms with Gasteiger partial charge in [0.2, 0.25) is 0 Å². The van der Waals surface area contributed by atoms with Gasteiger partial charge in [0.15, 0.2) is 0 Å². The predicted octanol–water partition coefficient (Wildman–Crippen LogP) is 3.62. The highest BCUT2D eigenvalue weighted by molar-refractivity contribution is 14.1. The van der Waals surface area contributed by atoms with Crippen molar-refractivity contribution in [1.82, 2.24) is 0 Å². The van der Waals surface area contributed by atoms with Gasteiger partial charge in [0, 0.05) is 3.57 Å². The maximum absolute atomic E-state index is 5.84. The van der Waals surface area contributed by atoms with Crippen molar-refractivity contribution < 1.29 is 0 Å². The lowest BCUT2D eigenvalue weighted by Crippen LogP contribution is -1.86. The van der Waals surface area contributed by atoms with Crippen molar-refractivity contribution in [3.8, 4) is 0 Å². The van der Waals surface area contributed by atoms with Crippen molar-refractivity contribution in [2.45, 2.75) is 0 Å². The van der Waals surface area contributed by atoms with E-state index in [1.807, 2.05) is 28.7 Å². The van der Waals surface area contributed by atoms with E-state index >= 15 is 0 Å². The molecule has 0 aliphatic rings. The molecular formula is C7H5ClI2N2. The third kappa shape index (κ3) is 2.46. The zero-order valence-electron chi connectivity index (χ0n) is 5.89. The van der Waals surface area contributed by atoms with E-state index in [1.165, 1.54) is 0 Å². The van der Waals surface area contributed by atoms with Gasteiger partial charge < -0.3 is 5.73 Å². The highest BCUT2D eigenvalue weighted by Crippen LogP contribution is 2.30. The third-order valence-electron chi connectivity index (χ3n) is 1.26. The Bertz CT molecular complexity index is 325. The molecule has 0 radical (unpaired) electrons. The van der Waals surface area contributed by atoms with Gasteiger partial charge in [-0.25, -0.2) is 4.99 Å². The summed E-state index contributed by atoms with van der Waals surface area (Å²) < 4.78 is 2.63. The second-order valence-electron chi connectivity index (χ2n) is 2.05. The van der Waals surface area contributed by atoms with Crippen LogP contribution in [0, 0.1) is 3.57 Å². The molecule has 64 valence electrons. The minimum absolute atomic E-state index is 0.605. The first-order valence-corrected chi connectivity index (χ1v) is 5.72. The minimum atomic E-state index is 0.605. The van der Waals surface area contributed by atoms with Gasteiger partial charge in [-0.3, -0.25) is 0 Å². The summed E-state index contributed by atoms with van der Waals surface area (Å²) in [5.74, 6) is 0. The molecule has 0 spiro atoms. The van der Waals surface area contributed by atoms with Gasteiger partial charge in [-0.1, -0.05) is 11.6 Å². The first kappa shape index (κ1) is 10.5. The zero-order valence-corrected chi connectivity index (χ0v) is 11.0. The maximum atomic E-state index is 5.84. The number of nitrogen functional groups attached to an aromatic ring is 1. The van der Waals surface area contributed by atoms with E-state index in [4.69, 9.17) is 17.3 Å². The highest BCUT2D eigenvalue weighted by Gasteiger charge is 2.02. The summed E-state index contributed by atoms with van der Waals surface area (Å²) in [6.45, 7) is 0. The van der Waals surface area contributed by atoms with E-state index in [-0.39, 0.29) is 0 Å². The molecule has 12 heavy (non-hydrogen) atoms. The van der Waals surface area contributed by atoms with Crippen molar-refractivity contribution >= 4 is 72.4 Å². The summed E-state index contributed by atoms with van der Waals surface area (Å²) in [6.07, 6.45) is 0. The van der Waals surface area contributed by atoms with Crippen LogP contribution in [-0.4, -0.2) is 4.22 Å². The summed E-state index contributed by atoms with van der Waals surface area (Å²) in [5, 5.41) is 0.667. The fourth-order valence-corrected chi connectivity index (χ4v) is 1.64. The molecule has 1 aromatic carbocycles. The zero-order chi connectivity index (χ0) is 9.14. The van der Waals surface area contributed by atoms with Crippen LogP contribution in [0.2, 0.25) is 5.02 Å². The monoisotopic (exact) mass is 406 g/mol. The van der Waals surface area contributed by atoms with E-state index in [2.05, 4.69) is 27.6 Å². The number of halogens is 3. The fraction of sp³-hybridized carbons (Fsp3) is 0. The number of hydrogen-bond acceptors (Lipinski definition) is 2. The molecule has 0 heterocycles. The SMILES string of the molecule is Nc1cc(Cl)c(I)cc1N=CI. The Morgan fingerprint density at radius 3 is 2.75 bits per heavy atom. The first-order valence-electron chi connectivity index (χ1n) is 3.02. The molecule has 0 unspecified atom stereocenters. The van der Waals surface area contributed by atoms with E-state index in [0.717, 1.165) is 9.26 Å². The topological polar surface area (TPSA) is 38.4 Å². The van der Waals surface area contributed by atoms with Crippen molar-refractivity contribution in [2.75, 3.05) is 5.73 Å². The molecule has 0 aromatic heterocycles. The number of anilines is 1. The normalized spacial score (nSPS) is 10.9. The Morgan fingerprint density at radius 2 is 2.17 bits per heavy atom. The standard InChI is InChI=1S/C7H5ClI2N2/c8-4-1-6(11)7(12-3-9)2-5(4)10/h1-3H,11H2. The second kappa shape index (κ2) is 4.61. The van der Waals surface area contributed by atoms with Crippen LogP contribution in [0.15, 0.2) is 17.1 Å². The summed E-state index contributed by atoms with van der Waals surface area (Å²) >= 11 is 10.0. The van der Waals surface area contributed by atoms with E-state index in [1.54, 1.807) is 10.3 Å². The van der Waals surface area contributed by atoms with Crippen LogP contribution in [0.1, 0.15) is 0 Å². The smallest absolute Gasteiger partial charge is 0.0875 e. The van der Waals surface area contributed by atoms with Gasteiger partial charge in [-0.2, -0.15) is 0 Å². The van der Waals surface area contributed by atoms with Crippen molar-refractivity contribution in [3.05, 3.63) is 20.7 Å².